The standard InChI is InChI=1S/C16H17BrO3S/c1-2-21(19,20)16(17)15(18)14-10-8-13(9-11-14)12-6-4-3-5-7-12/h3-11,15-16,18H,2H2,1H3. The van der Waals surface area contributed by atoms with E-state index in [1.54, 1.807) is 19.1 Å². The lowest BCUT2D eigenvalue weighted by Gasteiger charge is -2.17. The van der Waals surface area contributed by atoms with Crippen LogP contribution in [0, 0.1) is 0 Å². The third-order valence-corrected chi connectivity index (χ3v) is 7.31. The van der Waals surface area contributed by atoms with Gasteiger partial charge in [0, 0.05) is 5.75 Å². The molecule has 0 aromatic heterocycles. The lowest BCUT2D eigenvalue weighted by Crippen LogP contribution is -2.24. The van der Waals surface area contributed by atoms with Crippen LogP contribution in [0.5, 0.6) is 0 Å². The Balaban J connectivity index is 2.23. The first-order valence-electron chi connectivity index (χ1n) is 6.65. The number of alkyl halides is 1. The Morgan fingerprint density at radius 2 is 1.52 bits per heavy atom. The van der Waals surface area contributed by atoms with Crippen molar-refractivity contribution >= 4 is 25.8 Å². The van der Waals surface area contributed by atoms with E-state index < -0.39 is 20.1 Å². The number of benzene rings is 2. The quantitative estimate of drug-likeness (QED) is 0.821. The molecule has 0 aliphatic heterocycles. The summed E-state index contributed by atoms with van der Waals surface area (Å²) < 4.78 is 22.6. The summed E-state index contributed by atoms with van der Waals surface area (Å²) >= 11 is 3.09. The third-order valence-electron chi connectivity index (χ3n) is 3.35. The number of hydrogen-bond donors (Lipinski definition) is 1. The predicted molar refractivity (Wildman–Crippen MR) is 89.0 cm³/mol. The zero-order valence-corrected chi connectivity index (χ0v) is 14.0. The van der Waals surface area contributed by atoms with Gasteiger partial charge in [0.1, 0.15) is 10.3 Å². The number of halogens is 1. The molecule has 1 N–H and O–H groups in total. The molecule has 0 fully saturated rings. The fourth-order valence-electron chi connectivity index (χ4n) is 2.01. The van der Waals surface area contributed by atoms with Crippen LogP contribution in [0.15, 0.2) is 54.6 Å². The average Bonchev–Trinajstić information content (AvgIpc) is 2.54. The van der Waals surface area contributed by atoms with Gasteiger partial charge < -0.3 is 5.11 Å². The SMILES string of the molecule is CCS(=O)(=O)C(Br)C(O)c1ccc(-c2ccccc2)cc1. The van der Waals surface area contributed by atoms with Crippen LogP contribution >= 0.6 is 15.9 Å². The van der Waals surface area contributed by atoms with E-state index in [-0.39, 0.29) is 5.75 Å². The van der Waals surface area contributed by atoms with Crippen LogP contribution in [-0.2, 0) is 9.84 Å². The van der Waals surface area contributed by atoms with E-state index in [2.05, 4.69) is 15.9 Å². The maximum atomic E-state index is 11.8. The van der Waals surface area contributed by atoms with E-state index in [1.165, 1.54) is 0 Å². The molecule has 0 spiro atoms. The Kier molecular flexibility index (Phi) is 5.19. The minimum atomic E-state index is -3.34. The van der Waals surface area contributed by atoms with Crippen LogP contribution in [0.25, 0.3) is 11.1 Å². The molecule has 0 radical (unpaired) electrons. The van der Waals surface area contributed by atoms with Crippen LogP contribution in [0.2, 0.25) is 0 Å². The minimum Gasteiger partial charge on any atom is -0.386 e. The molecule has 0 heterocycles. The Hall–Kier alpha value is -1.17. The molecule has 3 nitrogen and oxygen atoms in total. The van der Waals surface area contributed by atoms with E-state index in [9.17, 15) is 13.5 Å². The van der Waals surface area contributed by atoms with Crippen molar-refractivity contribution in [3.8, 4) is 11.1 Å². The molecular formula is C16H17BrO3S. The lowest BCUT2D eigenvalue weighted by molar-refractivity contribution is 0.195. The summed E-state index contributed by atoms with van der Waals surface area (Å²) in [4.78, 5) is 0. The maximum Gasteiger partial charge on any atom is 0.165 e. The molecule has 112 valence electrons. The van der Waals surface area contributed by atoms with E-state index in [0.29, 0.717) is 5.56 Å². The second-order valence-corrected chi connectivity index (χ2v) is 8.74. The first kappa shape index (κ1) is 16.2. The molecule has 5 heteroatoms. The zero-order valence-electron chi connectivity index (χ0n) is 11.6. The fourth-order valence-corrected chi connectivity index (χ4v) is 3.98. The van der Waals surface area contributed by atoms with Crippen LogP contribution in [0.3, 0.4) is 0 Å². The monoisotopic (exact) mass is 368 g/mol. The van der Waals surface area contributed by atoms with Gasteiger partial charge in [0.05, 0.1) is 0 Å². The summed E-state index contributed by atoms with van der Waals surface area (Å²) in [7, 11) is -3.34. The molecule has 0 bridgehead atoms. The van der Waals surface area contributed by atoms with Gasteiger partial charge in [-0.3, -0.25) is 0 Å². The Labute approximate surface area is 133 Å². The van der Waals surface area contributed by atoms with Crippen molar-refractivity contribution in [3.63, 3.8) is 0 Å². The van der Waals surface area contributed by atoms with Crippen molar-refractivity contribution < 1.29 is 13.5 Å². The van der Waals surface area contributed by atoms with Crippen LogP contribution in [0.1, 0.15) is 18.6 Å². The molecule has 2 rings (SSSR count). The van der Waals surface area contributed by atoms with E-state index >= 15 is 0 Å². The largest absolute Gasteiger partial charge is 0.386 e. The van der Waals surface area contributed by atoms with Crippen molar-refractivity contribution in [2.45, 2.75) is 17.2 Å². The molecule has 0 aliphatic carbocycles. The molecule has 0 amide bonds. The smallest absolute Gasteiger partial charge is 0.165 e. The van der Waals surface area contributed by atoms with Gasteiger partial charge in [0.15, 0.2) is 9.84 Å². The summed E-state index contributed by atoms with van der Waals surface area (Å²) in [6.45, 7) is 1.56. The highest BCUT2D eigenvalue weighted by Crippen LogP contribution is 2.29. The van der Waals surface area contributed by atoms with Gasteiger partial charge in [0.2, 0.25) is 0 Å². The molecule has 2 aromatic rings. The molecule has 0 saturated heterocycles. The highest BCUT2D eigenvalue weighted by Gasteiger charge is 2.29. The van der Waals surface area contributed by atoms with Gasteiger partial charge in [-0.25, -0.2) is 8.42 Å². The van der Waals surface area contributed by atoms with Crippen molar-refractivity contribution in [2.75, 3.05) is 5.75 Å². The first-order valence-corrected chi connectivity index (χ1v) is 9.28. The summed E-state index contributed by atoms with van der Waals surface area (Å²) in [5.41, 5.74) is 2.68. The zero-order chi connectivity index (χ0) is 15.5. The van der Waals surface area contributed by atoms with Crippen molar-refractivity contribution in [1.29, 1.82) is 0 Å². The minimum absolute atomic E-state index is 0.0118. The molecule has 0 saturated carbocycles. The Morgan fingerprint density at radius 3 is 2.05 bits per heavy atom. The molecule has 2 aromatic carbocycles. The van der Waals surface area contributed by atoms with Gasteiger partial charge in [-0.2, -0.15) is 0 Å². The lowest BCUT2D eigenvalue weighted by atomic mass is 10.0. The molecule has 2 atom stereocenters. The second-order valence-electron chi connectivity index (χ2n) is 4.74. The number of sulfone groups is 1. The van der Waals surface area contributed by atoms with Crippen LogP contribution in [-0.4, -0.2) is 23.4 Å². The number of aliphatic hydroxyl groups is 1. The summed E-state index contributed by atoms with van der Waals surface area (Å²) in [6, 6.07) is 17.1. The van der Waals surface area contributed by atoms with Gasteiger partial charge in [-0.15, -0.1) is 0 Å². The van der Waals surface area contributed by atoms with Gasteiger partial charge in [-0.05, 0) is 16.7 Å². The van der Waals surface area contributed by atoms with Gasteiger partial charge in [-0.1, -0.05) is 77.5 Å². The average molecular weight is 369 g/mol. The van der Waals surface area contributed by atoms with Gasteiger partial charge in [0.25, 0.3) is 0 Å². The topological polar surface area (TPSA) is 54.4 Å². The fraction of sp³-hybridized carbons (Fsp3) is 0.250. The van der Waals surface area contributed by atoms with Crippen molar-refractivity contribution in [1.82, 2.24) is 0 Å². The summed E-state index contributed by atoms with van der Waals surface area (Å²) in [5.74, 6) is -0.0118. The van der Waals surface area contributed by atoms with Crippen molar-refractivity contribution in [2.24, 2.45) is 0 Å². The van der Waals surface area contributed by atoms with Crippen LogP contribution < -0.4 is 0 Å². The third kappa shape index (κ3) is 3.73. The predicted octanol–water partition coefficient (Wildman–Crippen LogP) is 3.54. The molecule has 21 heavy (non-hydrogen) atoms. The molecule has 0 aliphatic rings. The second kappa shape index (κ2) is 6.73. The maximum absolute atomic E-state index is 11.8. The molecular weight excluding hydrogens is 352 g/mol. The summed E-state index contributed by atoms with van der Waals surface area (Å²) in [5, 5.41) is 10.2. The normalized spacial score (nSPS) is 14.6. The van der Waals surface area contributed by atoms with Crippen LogP contribution in [0.4, 0.5) is 0 Å². The Morgan fingerprint density at radius 1 is 1.00 bits per heavy atom. The van der Waals surface area contributed by atoms with E-state index in [0.717, 1.165) is 11.1 Å². The van der Waals surface area contributed by atoms with Gasteiger partial charge >= 0.3 is 0 Å². The molecule has 2 unspecified atom stereocenters. The number of rotatable bonds is 5. The van der Waals surface area contributed by atoms with E-state index in [1.807, 2.05) is 42.5 Å². The number of aliphatic hydroxyl groups excluding tert-OH is 1. The Bertz CT molecular complexity index is 681. The van der Waals surface area contributed by atoms with E-state index in [4.69, 9.17) is 0 Å². The number of hydrogen-bond acceptors (Lipinski definition) is 3. The first-order chi connectivity index (χ1) is 9.95. The highest BCUT2D eigenvalue weighted by atomic mass is 79.9. The highest BCUT2D eigenvalue weighted by molar-refractivity contribution is 9.11. The summed E-state index contributed by atoms with van der Waals surface area (Å²) in [6.07, 6.45) is -1.08. The van der Waals surface area contributed by atoms with Crippen molar-refractivity contribution in [3.05, 3.63) is 60.2 Å².